The van der Waals surface area contributed by atoms with Crippen LogP contribution in [0, 0.1) is 11.6 Å². The molecule has 4 rings (SSSR count). The van der Waals surface area contributed by atoms with E-state index in [1.807, 2.05) is 0 Å². The van der Waals surface area contributed by atoms with Gasteiger partial charge in [-0.1, -0.05) is 12.1 Å². The zero-order valence-corrected chi connectivity index (χ0v) is 21.4. The highest BCUT2D eigenvalue weighted by atomic mass is 32.2. The minimum atomic E-state index is -3.94. The molecule has 196 valence electrons. The minimum Gasteiger partial charge on any atom is -0.320 e. The Morgan fingerprint density at radius 1 is 0.895 bits per heavy atom. The molecule has 1 amide bonds. The molecule has 0 saturated heterocycles. The molecule has 0 aliphatic heterocycles. The van der Waals surface area contributed by atoms with Crippen molar-refractivity contribution in [3.05, 3.63) is 112 Å². The maximum Gasteiger partial charge on any atom is 0.275 e. The molecule has 2 N–H and O–H groups in total. The van der Waals surface area contributed by atoms with Gasteiger partial charge in [0.25, 0.3) is 5.56 Å². The van der Waals surface area contributed by atoms with Gasteiger partial charge in [0.15, 0.2) is 0 Å². The third-order valence-corrected chi connectivity index (χ3v) is 7.84. The number of hydrogen-bond acceptors (Lipinski definition) is 5. The summed E-state index contributed by atoms with van der Waals surface area (Å²) >= 11 is 0. The van der Waals surface area contributed by atoms with Gasteiger partial charge in [-0.05, 0) is 97.9 Å². The number of pyridine rings is 1. The number of amides is 1. The Morgan fingerprint density at radius 3 is 2.16 bits per heavy atom. The van der Waals surface area contributed by atoms with Gasteiger partial charge in [-0.15, -0.1) is 0 Å². The fourth-order valence-corrected chi connectivity index (χ4v) is 5.15. The van der Waals surface area contributed by atoms with Gasteiger partial charge in [-0.3, -0.25) is 9.59 Å². The van der Waals surface area contributed by atoms with Gasteiger partial charge in [0.2, 0.25) is 15.7 Å². The Hall–Kier alpha value is -4.15. The third kappa shape index (κ3) is 5.71. The molecule has 38 heavy (non-hydrogen) atoms. The molecule has 0 bridgehead atoms. The predicted octanol–water partition coefficient (Wildman–Crippen LogP) is 4.22. The summed E-state index contributed by atoms with van der Waals surface area (Å²) in [5, 5.41) is 5.42. The Bertz CT molecular complexity index is 1630. The van der Waals surface area contributed by atoms with Crippen LogP contribution in [0.15, 0.2) is 99.5 Å². The summed E-state index contributed by atoms with van der Waals surface area (Å²) in [4.78, 5) is 25.8. The lowest BCUT2D eigenvalue weighted by Crippen LogP contribution is -2.37. The van der Waals surface area contributed by atoms with E-state index in [1.165, 1.54) is 59.2 Å². The van der Waals surface area contributed by atoms with Crippen LogP contribution in [0.2, 0.25) is 0 Å². The highest BCUT2D eigenvalue weighted by Gasteiger charge is 2.20. The van der Waals surface area contributed by atoms with Gasteiger partial charge in [0.05, 0.1) is 28.1 Å². The molecule has 0 saturated carbocycles. The fourth-order valence-electron chi connectivity index (χ4n) is 3.82. The summed E-state index contributed by atoms with van der Waals surface area (Å²) in [6, 6.07) is 18.7. The first-order chi connectivity index (χ1) is 18.1. The molecule has 1 heterocycles. The van der Waals surface area contributed by atoms with Crippen LogP contribution in [0.3, 0.4) is 0 Å². The monoisotopic (exact) mass is 537 g/mol. The van der Waals surface area contributed by atoms with E-state index in [-0.39, 0.29) is 22.0 Å². The Labute approximate surface area is 218 Å². The number of sulfone groups is 1. The van der Waals surface area contributed by atoms with E-state index in [4.69, 9.17) is 0 Å². The zero-order chi connectivity index (χ0) is 27.4. The standard InChI is InChI=1S/C28H25F2N3O4S/c1-18(31-2)27(34)32-25-14-15-26(20-6-8-21(29)9-7-20)33(28(25)35)17-19-4-3-5-24(16-19)38(36,37)23-12-10-22(30)11-13-23/h3-16,18,31H,17H2,1-2H3,(H,32,34)/t18-/m0/s1. The predicted molar refractivity (Wildman–Crippen MR) is 141 cm³/mol. The number of hydrogen-bond donors (Lipinski definition) is 2. The van der Waals surface area contributed by atoms with Gasteiger partial charge in [0.1, 0.15) is 17.3 Å². The molecule has 4 aromatic rings. The molecule has 0 aliphatic rings. The second-order valence-electron chi connectivity index (χ2n) is 8.63. The van der Waals surface area contributed by atoms with Crippen LogP contribution >= 0.6 is 0 Å². The van der Waals surface area contributed by atoms with E-state index in [0.717, 1.165) is 12.1 Å². The zero-order valence-electron chi connectivity index (χ0n) is 20.6. The summed E-state index contributed by atoms with van der Waals surface area (Å²) in [7, 11) is -2.33. The van der Waals surface area contributed by atoms with Crippen molar-refractivity contribution in [1.82, 2.24) is 9.88 Å². The number of halogens is 2. The SMILES string of the molecule is CN[C@@H](C)C(=O)Nc1ccc(-c2ccc(F)cc2)n(Cc2cccc(S(=O)(=O)c3ccc(F)cc3)c2)c1=O. The number of nitrogens with zero attached hydrogens (tertiary/aromatic N) is 1. The molecule has 0 radical (unpaired) electrons. The summed E-state index contributed by atoms with van der Waals surface area (Å²) in [6.45, 7) is 1.61. The Kier molecular flexibility index (Phi) is 7.84. The molecule has 1 aromatic heterocycles. The molecule has 3 aromatic carbocycles. The van der Waals surface area contributed by atoms with Gasteiger partial charge >= 0.3 is 0 Å². The highest BCUT2D eigenvalue weighted by molar-refractivity contribution is 7.91. The molecular formula is C28H25F2N3O4S. The van der Waals surface area contributed by atoms with E-state index >= 15 is 0 Å². The van der Waals surface area contributed by atoms with Crippen molar-refractivity contribution < 1.29 is 22.0 Å². The smallest absolute Gasteiger partial charge is 0.275 e. The second-order valence-corrected chi connectivity index (χ2v) is 10.6. The number of carbonyl (C=O) groups excluding carboxylic acids is 1. The molecular weight excluding hydrogens is 512 g/mol. The number of benzene rings is 3. The lowest BCUT2D eigenvalue weighted by molar-refractivity contribution is -0.117. The van der Waals surface area contributed by atoms with Crippen LogP contribution in [0.25, 0.3) is 11.3 Å². The van der Waals surface area contributed by atoms with Crippen LogP contribution in [0.4, 0.5) is 14.5 Å². The van der Waals surface area contributed by atoms with Crippen molar-refractivity contribution in [3.63, 3.8) is 0 Å². The topological polar surface area (TPSA) is 97.3 Å². The van der Waals surface area contributed by atoms with Gasteiger partial charge in [0, 0.05) is 0 Å². The van der Waals surface area contributed by atoms with Gasteiger partial charge in [-0.25, -0.2) is 17.2 Å². The van der Waals surface area contributed by atoms with Crippen LogP contribution in [0.1, 0.15) is 12.5 Å². The normalized spacial score (nSPS) is 12.2. The fraction of sp³-hybridized carbons (Fsp3) is 0.143. The number of rotatable bonds is 8. The van der Waals surface area contributed by atoms with E-state index in [9.17, 15) is 26.8 Å². The second kappa shape index (κ2) is 11.1. The molecule has 1 atom stereocenters. The summed E-state index contributed by atoms with van der Waals surface area (Å²) in [5.41, 5.74) is 1.01. The molecule has 10 heteroatoms. The first kappa shape index (κ1) is 26.9. The third-order valence-electron chi connectivity index (χ3n) is 6.07. The lowest BCUT2D eigenvalue weighted by atomic mass is 10.1. The number of anilines is 1. The van der Waals surface area contributed by atoms with E-state index in [0.29, 0.717) is 16.8 Å². The van der Waals surface area contributed by atoms with E-state index < -0.39 is 39.0 Å². The largest absolute Gasteiger partial charge is 0.320 e. The van der Waals surface area contributed by atoms with Crippen LogP contribution in [-0.2, 0) is 21.2 Å². The first-order valence-corrected chi connectivity index (χ1v) is 13.2. The lowest BCUT2D eigenvalue weighted by Gasteiger charge is -2.17. The molecule has 0 aliphatic carbocycles. The van der Waals surface area contributed by atoms with E-state index in [2.05, 4.69) is 10.6 Å². The average Bonchev–Trinajstić information content (AvgIpc) is 2.91. The van der Waals surface area contributed by atoms with Crippen LogP contribution in [0.5, 0.6) is 0 Å². The summed E-state index contributed by atoms with van der Waals surface area (Å²) in [6.07, 6.45) is 0. The van der Waals surface area contributed by atoms with Gasteiger partial charge < -0.3 is 15.2 Å². The van der Waals surface area contributed by atoms with E-state index in [1.54, 1.807) is 32.2 Å². The van der Waals surface area contributed by atoms with Crippen molar-refractivity contribution in [2.24, 2.45) is 0 Å². The summed E-state index contributed by atoms with van der Waals surface area (Å²) in [5.74, 6) is -1.40. The number of aromatic nitrogens is 1. The molecule has 0 fully saturated rings. The first-order valence-electron chi connectivity index (χ1n) is 11.7. The average molecular weight is 538 g/mol. The maximum atomic E-state index is 13.6. The quantitative estimate of drug-likeness (QED) is 0.328. The molecule has 0 spiro atoms. The molecule has 7 nitrogen and oxygen atoms in total. The summed E-state index contributed by atoms with van der Waals surface area (Å²) < 4.78 is 54.5. The van der Waals surface area contributed by atoms with Crippen molar-refractivity contribution in [2.45, 2.75) is 29.3 Å². The number of nitrogens with one attached hydrogen (secondary N) is 2. The van der Waals surface area contributed by atoms with Crippen molar-refractivity contribution in [1.29, 1.82) is 0 Å². The Balaban J connectivity index is 1.78. The van der Waals surface area contributed by atoms with Crippen LogP contribution in [-0.4, -0.2) is 32.0 Å². The highest BCUT2D eigenvalue weighted by Crippen LogP contribution is 2.24. The van der Waals surface area contributed by atoms with Crippen molar-refractivity contribution >= 4 is 21.4 Å². The minimum absolute atomic E-state index is 0.0229. The number of likely N-dealkylation sites (N-methyl/N-ethyl adjacent to an activating group) is 1. The number of carbonyl (C=O) groups is 1. The maximum absolute atomic E-state index is 13.6. The Morgan fingerprint density at radius 2 is 1.53 bits per heavy atom. The molecule has 0 unspecified atom stereocenters. The van der Waals surface area contributed by atoms with Crippen molar-refractivity contribution in [2.75, 3.05) is 12.4 Å². The van der Waals surface area contributed by atoms with Crippen LogP contribution < -0.4 is 16.2 Å². The van der Waals surface area contributed by atoms with Gasteiger partial charge in [-0.2, -0.15) is 0 Å². The van der Waals surface area contributed by atoms with Crippen molar-refractivity contribution in [3.8, 4) is 11.3 Å².